The predicted molar refractivity (Wildman–Crippen MR) is 298 cm³/mol. The third-order valence-corrected chi connectivity index (χ3v) is 13.7. The molecule has 406 valence electrons. The van der Waals surface area contributed by atoms with Crippen molar-refractivity contribution in [2.75, 3.05) is 0 Å². The minimum absolute atomic E-state index is 0.0236. The van der Waals surface area contributed by atoms with Gasteiger partial charge in [-0.15, -0.1) is 0 Å². The summed E-state index contributed by atoms with van der Waals surface area (Å²) in [6.45, 7) is 19.0. The lowest BCUT2D eigenvalue weighted by Crippen LogP contribution is -2.41. The number of ether oxygens (including phenoxy) is 1. The van der Waals surface area contributed by atoms with Crippen LogP contribution in [-0.2, 0) is 41.0 Å². The Morgan fingerprint density at radius 3 is 1.76 bits per heavy atom. The summed E-state index contributed by atoms with van der Waals surface area (Å²) >= 11 is 0. The Kier molecular flexibility index (Phi) is 15.6. The quantitative estimate of drug-likeness (QED) is 0.0884. The van der Waals surface area contributed by atoms with Crippen molar-refractivity contribution < 1.29 is 37.5 Å². The molecule has 1 aliphatic rings. The van der Waals surface area contributed by atoms with E-state index in [9.17, 15) is 14.4 Å². The van der Waals surface area contributed by atoms with Crippen molar-refractivity contribution >= 4 is 52.0 Å². The van der Waals surface area contributed by atoms with Crippen LogP contribution in [-0.4, -0.2) is 101 Å². The summed E-state index contributed by atoms with van der Waals surface area (Å²) in [5, 5.41) is 18.1. The molecule has 1 aliphatic heterocycles. The maximum absolute atomic E-state index is 13.0. The van der Waals surface area contributed by atoms with Gasteiger partial charge in [-0.05, 0) is 165 Å². The van der Waals surface area contributed by atoms with Gasteiger partial charge in [-0.1, -0.05) is 28.5 Å². The van der Waals surface area contributed by atoms with Gasteiger partial charge in [0.25, 0.3) is 11.8 Å². The summed E-state index contributed by atoms with van der Waals surface area (Å²) in [6, 6.07) is 26.9. The first-order valence-electron chi connectivity index (χ1n) is 25.9. The van der Waals surface area contributed by atoms with Gasteiger partial charge in [0, 0.05) is 79.3 Å². The van der Waals surface area contributed by atoms with E-state index in [4.69, 9.17) is 23.1 Å². The van der Waals surface area contributed by atoms with Crippen LogP contribution in [0.4, 0.5) is 4.79 Å². The van der Waals surface area contributed by atoms with Crippen LogP contribution in [0.25, 0.3) is 56.2 Å². The predicted octanol–water partition coefficient (Wildman–Crippen LogP) is 10.2. The molecule has 0 radical (unpaired) electrons. The SMILES string of the molecule is Cc1cc(C(=O)CCc2ccncc2)nn1C.Cc1noc(-c2cc3cc(-c4cc(C(=O)CCc5ccncc5)nn4C)ccc3[nH]2)n1.Cc1noc(-c2cc3cc(B4OC(C)(C)C(C)(C)O4)ccc3n2C(=O)OC(C)(C)C)n1. The van der Waals surface area contributed by atoms with Gasteiger partial charge in [-0.2, -0.15) is 20.2 Å². The highest BCUT2D eigenvalue weighted by molar-refractivity contribution is 6.62. The Morgan fingerprint density at radius 2 is 1.22 bits per heavy atom. The van der Waals surface area contributed by atoms with Crippen LogP contribution in [0.2, 0.25) is 0 Å². The van der Waals surface area contributed by atoms with Gasteiger partial charge in [-0.3, -0.25) is 28.9 Å². The Bertz CT molecular complexity index is 3770. The molecule has 0 spiro atoms. The molecule has 1 N–H and O–H groups in total. The van der Waals surface area contributed by atoms with E-state index in [1.165, 1.54) is 4.57 Å². The number of rotatable bonds is 12. The second-order valence-electron chi connectivity index (χ2n) is 21.4. The minimum Gasteiger partial charge on any atom is -0.443 e. The molecule has 10 aromatic rings. The Hall–Kier alpha value is -8.69. The molecule has 0 bridgehead atoms. The van der Waals surface area contributed by atoms with Crippen LogP contribution >= 0.6 is 0 Å². The summed E-state index contributed by atoms with van der Waals surface area (Å²) < 4.78 is 33.5. The maximum Gasteiger partial charge on any atom is 0.494 e. The van der Waals surface area contributed by atoms with E-state index in [2.05, 4.69) is 51.5 Å². The molecule has 0 unspecified atom stereocenters. The van der Waals surface area contributed by atoms with Crippen molar-refractivity contribution in [2.24, 2.45) is 14.1 Å². The minimum atomic E-state index is -0.654. The molecule has 0 amide bonds. The average molecular weight is 1070 g/mol. The topological polar surface area (TPSA) is 239 Å². The number of aromatic nitrogens is 12. The number of pyridine rings is 2. The summed E-state index contributed by atoms with van der Waals surface area (Å²) in [7, 11) is 3.19. The molecule has 0 saturated carbocycles. The fraction of sp³-hybridized carbons (Fsp3) is 0.328. The number of carbonyl (C=O) groups is 3. The summed E-state index contributed by atoms with van der Waals surface area (Å²) in [5.74, 6) is 1.88. The number of aryl methyl sites for hydroxylation is 7. The number of carbonyl (C=O) groups excluding carboxylic acids is 3. The Labute approximate surface area is 457 Å². The number of nitrogens with one attached hydrogen (secondary N) is 1. The number of H-pyrrole nitrogens is 1. The number of hydrogen-bond donors (Lipinski definition) is 1. The van der Waals surface area contributed by atoms with Crippen LogP contribution in [0, 0.1) is 20.8 Å². The van der Waals surface area contributed by atoms with Gasteiger partial charge >= 0.3 is 13.2 Å². The number of benzene rings is 2. The van der Waals surface area contributed by atoms with Crippen LogP contribution in [0.5, 0.6) is 0 Å². The third-order valence-electron chi connectivity index (χ3n) is 13.7. The normalized spacial score (nSPS) is 13.7. The number of fused-ring (bicyclic) bond motifs is 2. The zero-order valence-electron chi connectivity index (χ0n) is 46.5. The standard InChI is InChI=1S/C23H20N6O2.C22H28BN3O5.C13H15N3O/c1-14-25-23(31-28-14)20-12-17-11-16(4-5-18(17)26-20)21-13-19(27-29(21)2)22(30)6-3-15-7-9-24-10-8-15;1-13-24-18(29-25-13)17-12-14-11-15(23-30-21(5,6)22(7,8)31-23)9-10-16(14)26(17)19(27)28-20(2,3)4;1-10-9-12(15-16(10)2)13(17)4-3-11-5-7-14-8-6-11/h4-5,7-13,26H,3,6H2,1-2H3;9-12H,1-8H3;5-9H,3-4H2,1-2H3. The van der Waals surface area contributed by atoms with Gasteiger partial charge in [-0.25, -0.2) is 9.36 Å². The van der Waals surface area contributed by atoms with Crippen molar-refractivity contribution in [1.82, 2.24) is 59.4 Å². The van der Waals surface area contributed by atoms with E-state index < -0.39 is 30.0 Å². The molecular formula is C58H63BN12O8. The molecule has 20 nitrogen and oxygen atoms in total. The molecular weight excluding hydrogens is 1000 g/mol. The van der Waals surface area contributed by atoms with Gasteiger partial charge in [0.2, 0.25) is 0 Å². The Balaban J connectivity index is 0.000000150. The average Bonchev–Trinajstić information content (AvgIpc) is 4.42. The molecule has 8 aromatic heterocycles. The maximum atomic E-state index is 13.0. The molecule has 0 aliphatic carbocycles. The van der Waals surface area contributed by atoms with Crippen molar-refractivity contribution in [3.05, 3.63) is 150 Å². The molecule has 11 rings (SSSR count). The second-order valence-corrected chi connectivity index (χ2v) is 21.4. The van der Waals surface area contributed by atoms with Crippen molar-refractivity contribution in [2.45, 2.75) is 112 Å². The van der Waals surface area contributed by atoms with E-state index in [1.54, 1.807) is 48.0 Å². The summed E-state index contributed by atoms with van der Waals surface area (Å²) in [5.41, 5.74) is 8.28. The van der Waals surface area contributed by atoms with Crippen molar-refractivity contribution in [3.63, 3.8) is 0 Å². The fourth-order valence-electron chi connectivity index (χ4n) is 8.68. The highest BCUT2D eigenvalue weighted by atomic mass is 16.7. The summed E-state index contributed by atoms with van der Waals surface area (Å²) in [6.07, 6.45) is 8.73. The van der Waals surface area contributed by atoms with Gasteiger partial charge in [0.15, 0.2) is 23.2 Å². The zero-order valence-corrected chi connectivity index (χ0v) is 46.5. The summed E-state index contributed by atoms with van der Waals surface area (Å²) in [4.78, 5) is 57.4. The molecule has 9 heterocycles. The smallest absolute Gasteiger partial charge is 0.443 e. The highest BCUT2D eigenvalue weighted by Gasteiger charge is 2.51. The molecule has 21 heteroatoms. The first-order chi connectivity index (χ1) is 37.5. The highest BCUT2D eigenvalue weighted by Crippen LogP contribution is 2.37. The second kappa shape index (κ2) is 22.3. The van der Waals surface area contributed by atoms with Gasteiger partial charge in [0.1, 0.15) is 28.4 Å². The monoisotopic (exact) mass is 1070 g/mol. The molecule has 0 atom stereocenters. The molecule has 2 aromatic carbocycles. The van der Waals surface area contributed by atoms with Gasteiger partial charge in [0.05, 0.1) is 22.4 Å². The number of Topliss-reactive ketones (excluding diaryl/α,β-unsaturated/α-hetero) is 2. The van der Waals surface area contributed by atoms with Crippen LogP contribution in [0.1, 0.15) is 111 Å². The lowest BCUT2D eigenvalue weighted by atomic mass is 9.78. The van der Waals surface area contributed by atoms with E-state index in [0.29, 0.717) is 59.4 Å². The number of ketones is 2. The van der Waals surface area contributed by atoms with Crippen LogP contribution < -0.4 is 5.46 Å². The lowest BCUT2D eigenvalue weighted by molar-refractivity contribution is 0.00578. The largest absolute Gasteiger partial charge is 0.494 e. The van der Waals surface area contributed by atoms with Crippen LogP contribution in [0.15, 0.2) is 119 Å². The lowest BCUT2D eigenvalue weighted by Gasteiger charge is -2.32. The third kappa shape index (κ3) is 12.7. The van der Waals surface area contributed by atoms with Crippen molar-refractivity contribution in [1.29, 1.82) is 0 Å². The van der Waals surface area contributed by atoms with E-state index in [1.807, 2.05) is 148 Å². The van der Waals surface area contributed by atoms with E-state index in [-0.39, 0.29) is 17.5 Å². The van der Waals surface area contributed by atoms with Crippen LogP contribution in [0.3, 0.4) is 0 Å². The molecule has 1 saturated heterocycles. The number of nitrogens with zero attached hydrogens (tertiary/aromatic N) is 11. The van der Waals surface area contributed by atoms with E-state index >= 15 is 0 Å². The van der Waals surface area contributed by atoms with E-state index in [0.717, 1.165) is 61.9 Å². The first-order valence-corrected chi connectivity index (χ1v) is 25.9. The number of aromatic amines is 1. The Morgan fingerprint density at radius 1 is 0.646 bits per heavy atom. The number of hydrogen-bond acceptors (Lipinski definition) is 16. The molecule has 79 heavy (non-hydrogen) atoms. The van der Waals surface area contributed by atoms with Crippen molar-refractivity contribution in [3.8, 4) is 34.4 Å². The van der Waals surface area contributed by atoms with Gasteiger partial charge < -0.3 is 28.1 Å². The fourth-order valence-corrected chi connectivity index (χ4v) is 8.68. The molecule has 1 fully saturated rings. The first kappa shape index (κ1) is 55.1. The zero-order chi connectivity index (χ0) is 56.4.